The van der Waals surface area contributed by atoms with Crippen molar-refractivity contribution in [2.24, 2.45) is 0 Å². The third kappa shape index (κ3) is 1.89. The highest BCUT2D eigenvalue weighted by molar-refractivity contribution is 6.39. The van der Waals surface area contributed by atoms with Crippen LogP contribution in [0.25, 0.3) is 4.85 Å². The van der Waals surface area contributed by atoms with Gasteiger partial charge in [-0.05, 0) is 0 Å². The van der Waals surface area contributed by atoms with Crippen molar-refractivity contribution in [2.45, 2.75) is 0 Å². The average Bonchev–Trinajstić information content (AvgIpc) is 2.03. The van der Waals surface area contributed by atoms with Gasteiger partial charge in [0.1, 0.15) is 0 Å². The first-order chi connectivity index (χ1) is 6.06. The van der Waals surface area contributed by atoms with E-state index in [0.717, 1.165) is 12.1 Å². The minimum absolute atomic E-state index is 0.00537. The average molecular weight is 217 g/mol. The molecule has 0 aliphatic heterocycles. The van der Waals surface area contributed by atoms with E-state index in [1.54, 1.807) is 0 Å². The fourth-order valence-electron chi connectivity index (χ4n) is 0.764. The predicted octanol–water partition coefficient (Wildman–Crippen LogP) is 3.45. The van der Waals surface area contributed by atoms with Crippen LogP contribution in [0.1, 0.15) is 0 Å². The molecule has 66 valence electrons. The first-order valence-electron chi connectivity index (χ1n) is 3.07. The van der Waals surface area contributed by atoms with Crippen LogP contribution in [0.5, 0.6) is 0 Å². The largest absolute Gasteiger partial charge is 0.269 e. The number of benzene rings is 1. The molecule has 0 bridgehead atoms. The molecule has 4 nitrogen and oxygen atoms in total. The highest BCUT2D eigenvalue weighted by Crippen LogP contribution is 2.36. The second kappa shape index (κ2) is 3.60. The van der Waals surface area contributed by atoms with Gasteiger partial charge in [0.25, 0.3) is 5.69 Å². The molecule has 0 aromatic heterocycles. The number of nitro groups is 1. The van der Waals surface area contributed by atoms with Crippen LogP contribution in [-0.2, 0) is 0 Å². The van der Waals surface area contributed by atoms with Gasteiger partial charge in [-0.3, -0.25) is 10.1 Å². The normalized spacial score (nSPS) is 9.31. The zero-order chi connectivity index (χ0) is 10.0. The molecular formula is C7H2Cl2N2O2. The molecule has 0 spiro atoms. The molecule has 6 heteroatoms. The molecule has 0 unspecified atom stereocenters. The molecule has 0 radical (unpaired) electrons. The molecule has 0 saturated carbocycles. The summed E-state index contributed by atoms with van der Waals surface area (Å²) in [6.45, 7) is 6.69. The summed E-state index contributed by atoms with van der Waals surface area (Å²) in [6, 6.07) is 2.20. The molecule has 0 atom stereocenters. The van der Waals surface area contributed by atoms with E-state index >= 15 is 0 Å². The van der Waals surface area contributed by atoms with Crippen molar-refractivity contribution >= 4 is 34.6 Å². The van der Waals surface area contributed by atoms with Crippen molar-refractivity contribution < 1.29 is 4.92 Å². The van der Waals surface area contributed by atoms with Gasteiger partial charge in [0.2, 0.25) is 5.69 Å². The monoisotopic (exact) mass is 216 g/mol. The number of halogens is 2. The summed E-state index contributed by atoms with van der Waals surface area (Å²) in [4.78, 5) is 12.7. The molecule has 1 rings (SSSR count). The van der Waals surface area contributed by atoms with E-state index in [4.69, 9.17) is 29.8 Å². The van der Waals surface area contributed by atoms with Crippen molar-refractivity contribution in [3.8, 4) is 0 Å². The maximum Gasteiger partial charge on any atom is 0.269 e. The fraction of sp³-hybridized carbons (Fsp3) is 0. The third-order valence-corrected chi connectivity index (χ3v) is 1.90. The number of hydrogen-bond donors (Lipinski definition) is 0. The van der Waals surface area contributed by atoms with E-state index in [-0.39, 0.29) is 21.4 Å². The highest BCUT2D eigenvalue weighted by atomic mass is 35.5. The molecule has 0 N–H and O–H groups in total. The van der Waals surface area contributed by atoms with Crippen LogP contribution in [0.4, 0.5) is 11.4 Å². The molecule has 0 heterocycles. The van der Waals surface area contributed by atoms with E-state index in [2.05, 4.69) is 4.85 Å². The number of nitro benzene ring substituents is 1. The zero-order valence-electron chi connectivity index (χ0n) is 6.12. The van der Waals surface area contributed by atoms with Crippen LogP contribution in [0.3, 0.4) is 0 Å². The maximum atomic E-state index is 10.3. The first kappa shape index (κ1) is 9.78. The molecule has 13 heavy (non-hydrogen) atoms. The SMILES string of the molecule is [C-]#[N+]c1c(Cl)cc([N+](=O)[O-])cc1Cl. The quantitative estimate of drug-likeness (QED) is 0.410. The molecule has 0 aliphatic carbocycles. The van der Waals surface area contributed by atoms with Gasteiger partial charge in [0.15, 0.2) is 0 Å². The standard InChI is InChI=1S/C7H2Cl2N2O2/c1-10-7-5(8)2-4(11(12)13)3-6(7)9/h2-3H. The van der Waals surface area contributed by atoms with Gasteiger partial charge in [0.05, 0.1) is 21.5 Å². The number of nitrogens with zero attached hydrogens (tertiary/aromatic N) is 2. The maximum absolute atomic E-state index is 10.3. The molecule has 0 aliphatic rings. The summed E-state index contributed by atoms with van der Waals surface area (Å²) in [7, 11) is 0. The molecule has 1 aromatic rings. The Kier molecular flexibility index (Phi) is 2.71. The summed E-state index contributed by atoms with van der Waals surface area (Å²) in [5, 5.41) is 10.3. The van der Waals surface area contributed by atoms with Gasteiger partial charge in [-0.2, -0.15) is 0 Å². The molecule has 0 fully saturated rings. The van der Waals surface area contributed by atoms with Crippen LogP contribution in [0.15, 0.2) is 12.1 Å². The van der Waals surface area contributed by atoms with E-state index in [1.807, 2.05) is 0 Å². The molecule has 0 saturated heterocycles. The van der Waals surface area contributed by atoms with E-state index in [1.165, 1.54) is 0 Å². The predicted molar refractivity (Wildman–Crippen MR) is 49.4 cm³/mol. The Labute approximate surface area is 83.7 Å². The van der Waals surface area contributed by atoms with Crippen molar-refractivity contribution in [1.29, 1.82) is 0 Å². The van der Waals surface area contributed by atoms with Gasteiger partial charge in [-0.25, -0.2) is 4.85 Å². The zero-order valence-corrected chi connectivity index (χ0v) is 7.63. The van der Waals surface area contributed by atoms with E-state index in [0.29, 0.717) is 0 Å². The lowest BCUT2D eigenvalue weighted by Gasteiger charge is -1.97. The van der Waals surface area contributed by atoms with E-state index in [9.17, 15) is 10.1 Å². The van der Waals surface area contributed by atoms with Crippen molar-refractivity contribution in [2.75, 3.05) is 0 Å². The Hall–Kier alpha value is -1.31. The molecule has 0 amide bonds. The summed E-state index contributed by atoms with van der Waals surface area (Å²) in [6.07, 6.45) is 0. The Balaban J connectivity index is 3.39. The fourth-order valence-corrected chi connectivity index (χ4v) is 1.32. The van der Waals surface area contributed by atoms with Crippen LogP contribution >= 0.6 is 23.2 Å². The Morgan fingerprint density at radius 1 is 1.38 bits per heavy atom. The van der Waals surface area contributed by atoms with Gasteiger partial charge in [-0.15, -0.1) is 0 Å². The van der Waals surface area contributed by atoms with Crippen LogP contribution in [-0.4, -0.2) is 4.92 Å². The number of hydrogen-bond acceptors (Lipinski definition) is 2. The van der Waals surface area contributed by atoms with Crippen LogP contribution in [0.2, 0.25) is 10.0 Å². The lowest BCUT2D eigenvalue weighted by Crippen LogP contribution is -1.87. The summed E-state index contributed by atoms with van der Waals surface area (Å²) >= 11 is 11.2. The van der Waals surface area contributed by atoms with Crippen molar-refractivity contribution in [3.63, 3.8) is 0 Å². The van der Waals surface area contributed by atoms with Gasteiger partial charge in [0, 0.05) is 12.1 Å². The second-order valence-corrected chi connectivity index (χ2v) is 2.94. The number of rotatable bonds is 1. The Morgan fingerprint density at radius 2 is 1.85 bits per heavy atom. The van der Waals surface area contributed by atoms with Gasteiger partial charge >= 0.3 is 0 Å². The summed E-state index contributed by atoms with van der Waals surface area (Å²) in [5.74, 6) is 0. The van der Waals surface area contributed by atoms with Crippen LogP contribution < -0.4 is 0 Å². The van der Waals surface area contributed by atoms with E-state index < -0.39 is 4.92 Å². The van der Waals surface area contributed by atoms with Crippen molar-refractivity contribution in [1.82, 2.24) is 0 Å². The Bertz CT molecular complexity index is 388. The number of non-ortho nitro benzene ring substituents is 1. The smallest absolute Gasteiger partial charge is 0.258 e. The van der Waals surface area contributed by atoms with Crippen LogP contribution in [0, 0.1) is 16.7 Å². The minimum atomic E-state index is -0.620. The third-order valence-electron chi connectivity index (χ3n) is 1.32. The summed E-state index contributed by atoms with van der Waals surface area (Å²) in [5.41, 5.74) is -0.184. The van der Waals surface area contributed by atoms with Crippen molar-refractivity contribution in [3.05, 3.63) is 43.7 Å². The molecular weight excluding hydrogens is 215 g/mol. The first-order valence-corrected chi connectivity index (χ1v) is 3.82. The minimum Gasteiger partial charge on any atom is -0.258 e. The van der Waals surface area contributed by atoms with Gasteiger partial charge in [-0.1, -0.05) is 23.2 Å². The highest BCUT2D eigenvalue weighted by Gasteiger charge is 2.13. The molecule has 1 aromatic carbocycles. The second-order valence-electron chi connectivity index (χ2n) is 2.13. The van der Waals surface area contributed by atoms with Gasteiger partial charge < -0.3 is 0 Å². The summed E-state index contributed by atoms with van der Waals surface area (Å²) < 4.78 is 0. The Morgan fingerprint density at radius 3 is 2.15 bits per heavy atom. The lowest BCUT2D eigenvalue weighted by molar-refractivity contribution is -0.384. The topological polar surface area (TPSA) is 47.5 Å². The lowest BCUT2D eigenvalue weighted by atomic mass is 10.3.